The van der Waals surface area contributed by atoms with Gasteiger partial charge in [0.15, 0.2) is 6.10 Å². The molecule has 0 spiro atoms. The Balaban J connectivity index is 4.42. The van der Waals surface area contributed by atoms with Crippen LogP contribution in [0, 0.1) is 0 Å². The molecule has 1 atom stereocenters. The minimum Gasteiger partial charge on any atom is -0.462 e. The van der Waals surface area contributed by atoms with Gasteiger partial charge in [-0.1, -0.05) is 165 Å². The van der Waals surface area contributed by atoms with Gasteiger partial charge in [-0.25, -0.2) is 0 Å². The lowest BCUT2D eigenvalue weighted by atomic mass is 10.1. The number of ether oxygens (including phenoxy) is 3. The number of esters is 3. The van der Waals surface area contributed by atoms with E-state index in [4.69, 9.17) is 14.2 Å². The third kappa shape index (κ3) is 42.3. The van der Waals surface area contributed by atoms with Crippen molar-refractivity contribution in [1.29, 1.82) is 0 Å². The summed E-state index contributed by atoms with van der Waals surface area (Å²) in [7, 11) is 0. The monoisotopic (exact) mass is 783 g/mol. The minimum absolute atomic E-state index is 0.0935. The molecule has 56 heavy (non-hydrogen) atoms. The Labute approximate surface area is 345 Å². The third-order valence-corrected chi connectivity index (χ3v) is 9.71. The summed E-state index contributed by atoms with van der Waals surface area (Å²) in [5.41, 5.74) is 0. The van der Waals surface area contributed by atoms with Crippen LogP contribution in [-0.4, -0.2) is 37.2 Å². The van der Waals surface area contributed by atoms with E-state index < -0.39 is 6.10 Å². The summed E-state index contributed by atoms with van der Waals surface area (Å²) in [6.07, 6.45) is 53.5. The fraction of sp³-hybridized carbons (Fsp3) is 0.740. The Hall–Kier alpha value is -2.89. The number of carbonyl (C=O) groups is 3. The van der Waals surface area contributed by atoms with Gasteiger partial charge in [0.2, 0.25) is 0 Å². The number of hydrogen-bond donors (Lipinski definition) is 0. The highest BCUT2D eigenvalue weighted by Gasteiger charge is 2.19. The van der Waals surface area contributed by atoms with Gasteiger partial charge < -0.3 is 14.2 Å². The number of hydrogen-bond acceptors (Lipinski definition) is 6. The van der Waals surface area contributed by atoms with Crippen LogP contribution in [0.4, 0.5) is 0 Å². The summed E-state index contributed by atoms with van der Waals surface area (Å²) in [4.78, 5) is 37.7. The zero-order valence-corrected chi connectivity index (χ0v) is 36.6. The molecule has 0 aromatic carbocycles. The van der Waals surface area contributed by atoms with Crippen molar-refractivity contribution in [2.75, 3.05) is 13.2 Å². The van der Waals surface area contributed by atoms with E-state index in [1.807, 2.05) is 0 Å². The summed E-state index contributed by atoms with van der Waals surface area (Å²) in [6.45, 7) is 6.40. The van der Waals surface area contributed by atoms with Crippen LogP contribution in [-0.2, 0) is 28.6 Å². The molecule has 6 nitrogen and oxygen atoms in total. The third-order valence-electron chi connectivity index (χ3n) is 9.71. The fourth-order valence-electron chi connectivity index (χ4n) is 6.22. The molecule has 0 rings (SSSR count). The Kier molecular flexibility index (Phi) is 42.5. The molecular formula is C50H86O6. The van der Waals surface area contributed by atoms with Crippen LogP contribution < -0.4 is 0 Å². The summed E-state index contributed by atoms with van der Waals surface area (Å²) < 4.78 is 16.7. The van der Waals surface area contributed by atoms with Gasteiger partial charge in [0.05, 0.1) is 0 Å². The molecule has 0 radical (unpaired) electrons. The molecule has 0 saturated carbocycles. The molecule has 0 aromatic rings. The van der Waals surface area contributed by atoms with E-state index >= 15 is 0 Å². The second-order valence-electron chi connectivity index (χ2n) is 15.3. The van der Waals surface area contributed by atoms with Gasteiger partial charge in [0.1, 0.15) is 13.2 Å². The van der Waals surface area contributed by atoms with Gasteiger partial charge in [-0.2, -0.15) is 0 Å². The van der Waals surface area contributed by atoms with E-state index in [9.17, 15) is 14.4 Å². The zero-order valence-electron chi connectivity index (χ0n) is 36.6. The van der Waals surface area contributed by atoms with Gasteiger partial charge in [-0.15, -0.1) is 0 Å². The average molecular weight is 783 g/mol. The Bertz CT molecular complexity index is 1040. The Morgan fingerprint density at radius 3 is 1.20 bits per heavy atom. The van der Waals surface area contributed by atoms with E-state index in [2.05, 4.69) is 81.5 Å². The zero-order chi connectivity index (χ0) is 40.8. The van der Waals surface area contributed by atoms with Crippen LogP contribution in [0.15, 0.2) is 60.8 Å². The molecule has 0 aliphatic heterocycles. The standard InChI is InChI=1S/C50H86O6/c1-4-7-10-13-16-19-22-24-25-27-28-31-34-37-40-43-49(52)55-46-47(45-54-48(51)42-39-36-33-30-21-18-15-12-9-6-3)56-50(53)44-41-38-35-32-29-26-23-20-17-14-11-8-5-2/h8,11-12,15,17,20,24-26,29,47H,4-7,9-10,13-14,16,18-19,21-23,27-28,30-46H2,1-3H3/b11-8-,15-12-,20-17-,25-24-,29-26-. The number of rotatable bonds is 41. The van der Waals surface area contributed by atoms with E-state index in [1.165, 1.54) is 70.6 Å². The highest BCUT2D eigenvalue weighted by Crippen LogP contribution is 2.13. The van der Waals surface area contributed by atoms with Crippen LogP contribution in [0.5, 0.6) is 0 Å². The van der Waals surface area contributed by atoms with Crippen LogP contribution in [0.3, 0.4) is 0 Å². The quantitative estimate of drug-likeness (QED) is 0.0266. The van der Waals surface area contributed by atoms with Crippen molar-refractivity contribution in [1.82, 2.24) is 0 Å². The van der Waals surface area contributed by atoms with Crippen molar-refractivity contribution >= 4 is 17.9 Å². The molecule has 6 heteroatoms. The first-order valence-corrected chi connectivity index (χ1v) is 23.3. The average Bonchev–Trinajstić information content (AvgIpc) is 3.19. The molecule has 0 aromatic heterocycles. The highest BCUT2D eigenvalue weighted by molar-refractivity contribution is 5.71. The number of allylic oxidation sites excluding steroid dienone is 10. The largest absolute Gasteiger partial charge is 0.462 e. The molecule has 0 amide bonds. The van der Waals surface area contributed by atoms with Crippen molar-refractivity contribution in [3.8, 4) is 0 Å². The van der Waals surface area contributed by atoms with Crippen LogP contribution in [0.1, 0.15) is 220 Å². The van der Waals surface area contributed by atoms with Crippen molar-refractivity contribution in [3.05, 3.63) is 60.8 Å². The number of carbonyl (C=O) groups excluding carboxylic acids is 3. The summed E-state index contributed by atoms with van der Waals surface area (Å²) in [5.74, 6) is -0.945. The lowest BCUT2D eigenvalue weighted by Gasteiger charge is -2.18. The lowest BCUT2D eigenvalue weighted by molar-refractivity contribution is -0.167. The van der Waals surface area contributed by atoms with E-state index in [-0.39, 0.29) is 31.1 Å². The normalized spacial score (nSPS) is 12.6. The van der Waals surface area contributed by atoms with E-state index in [1.54, 1.807) is 0 Å². The predicted octanol–water partition coefficient (Wildman–Crippen LogP) is 14.9. The van der Waals surface area contributed by atoms with Gasteiger partial charge in [-0.05, 0) is 96.3 Å². The molecule has 0 saturated heterocycles. The molecule has 0 heterocycles. The summed E-state index contributed by atoms with van der Waals surface area (Å²) in [6, 6.07) is 0. The summed E-state index contributed by atoms with van der Waals surface area (Å²) >= 11 is 0. The van der Waals surface area contributed by atoms with Crippen molar-refractivity contribution in [2.24, 2.45) is 0 Å². The maximum atomic E-state index is 12.7. The maximum Gasteiger partial charge on any atom is 0.306 e. The second-order valence-corrected chi connectivity index (χ2v) is 15.3. The molecular weight excluding hydrogens is 697 g/mol. The fourth-order valence-corrected chi connectivity index (χ4v) is 6.22. The van der Waals surface area contributed by atoms with E-state index in [0.717, 1.165) is 109 Å². The molecule has 0 N–H and O–H groups in total. The highest BCUT2D eigenvalue weighted by atomic mass is 16.6. The van der Waals surface area contributed by atoms with Crippen molar-refractivity contribution in [3.63, 3.8) is 0 Å². The van der Waals surface area contributed by atoms with Gasteiger partial charge in [-0.3, -0.25) is 14.4 Å². The smallest absolute Gasteiger partial charge is 0.306 e. The minimum atomic E-state index is -0.793. The predicted molar refractivity (Wildman–Crippen MR) is 238 cm³/mol. The Morgan fingerprint density at radius 2 is 0.732 bits per heavy atom. The van der Waals surface area contributed by atoms with Crippen molar-refractivity contribution in [2.45, 2.75) is 226 Å². The van der Waals surface area contributed by atoms with Crippen LogP contribution >= 0.6 is 0 Å². The molecule has 1 unspecified atom stereocenters. The molecule has 322 valence electrons. The van der Waals surface area contributed by atoms with Gasteiger partial charge in [0.25, 0.3) is 0 Å². The number of unbranched alkanes of at least 4 members (excludes halogenated alkanes) is 20. The Morgan fingerprint density at radius 1 is 0.375 bits per heavy atom. The van der Waals surface area contributed by atoms with Gasteiger partial charge in [0, 0.05) is 19.3 Å². The van der Waals surface area contributed by atoms with Crippen molar-refractivity contribution < 1.29 is 28.6 Å². The van der Waals surface area contributed by atoms with Gasteiger partial charge >= 0.3 is 17.9 Å². The summed E-state index contributed by atoms with van der Waals surface area (Å²) in [5, 5.41) is 0. The first-order chi connectivity index (χ1) is 27.5. The van der Waals surface area contributed by atoms with Crippen LogP contribution in [0.2, 0.25) is 0 Å². The lowest BCUT2D eigenvalue weighted by Crippen LogP contribution is -2.30. The first kappa shape index (κ1) is 53.1. The van der Waals surface area contributed by atoms with E-state index in [0.29, 0.717) is 19.3 Å². The maximum absolute atomic E-state index is 12.7. The molecule has 0 aliphatic rings. The SMILES string of the molecule is CC/C=C\C/C=C\C/C=C\CCCCCC(=O)OC(COC(=O)CCCCCCC/C=C\CCC)COC(=O)CCCCCCC/C=C\CCCCCCCC. The second kappa shape index (κ2) is 44.8. The molecule has 0 fully saturated rings. The molecule has 0 bridgehead atoms. The first-order valence-electron chi connectivity index (χ1n) is 23.3. The van der Waals surface area contributed by atoms with Crippen LogP contribution in [0.25, 0.3) is 0 Å². The molecule has 0 aliphatic carbocycles. The topological polar surface area (TPSA) is 78.9 Å².